The number of hydrogen-bond donors (Lipinski definition) is 2. The zero-order valence-electron chi connectivity index (χ0n) is 8.95. The number of hydrogen-bond acceptors (Lipinski definition) is 4. The third kappa shape index (κ3) is 2.57. The quantitative estimate of drug-likeness (QED) is 0.799. The molecule has 0 aliphatic carbocycles. The summed E-state index contributed by atoms with van der Waals surface area (Å²) < 4.78 is 0. The van der Waals surface area contributed by atoms with Crippen LogP contribution in [0, 0.1) is 6.92 Å². The summed E-state index contributed by atoms with van der Waals surface area (Å²) in [4.78, 5) is 26.8. The molecule has 0 spiro atoms. The molecule has 2 N–H and O–H groups in total. The number of thiazole rings is 1. The minimum Gasteiger partial charge on any atom is -0.348 e. The molecule has 86 valence electrons. The Kier molecular flexibility index (Phi) is 3.19. The maximum absolute atomic E-state index is 11.6. The Balaban J connectivity index is 1.82. The first-order valence-electron chi connectivity index (χ1n) is 5.13. The molecule has 1 aromatic rings. The summed E-state index contributed by atoms with van der Waals surface area (Å²) in [6.07, 6.45) is 1.02. The molecule has 0 unspecified atom stereocenters. The van der Waals surface area contributed by atoms with Crippen molar-refractivity contribution in [2.45, 2.75) is 32.4 Å². The van der Waals surface area contributed by atoms with Gasteiger partial charge in [0.2, 0.25) is 11.8 Å². The lowest BCUT2D eigenvalue weighted by atomic mass is 10.2. The maximum Gasteiger partial charge on any atom is 0.242 e. The highest BCUT2D eigenvalue weighted by Gasteiger charge is 2.26. The number of rotatable bonds is 3. The molecule has 0 radical (unpaired) electrons. The van der Waals surface area contributed by atoms with Crippen molar-refractivity contribution in [3.05, 3.63) is 16.1 Å². The zero-order chi connectivity index (χ0) is 11.5. The molecule has 1 aliphatic rings. The minimum absolute atomic E-state index is 0.0507. The van der Waals surface area contributed by atoms with Crippen LogP contribution in [-0.2, 0) is 16.1 Å². The molecule has 2 rings (SSSR count). The van der Waals surface area contributed by atoms with Gasteiger partial charge in [0.1, 0.15) is 11.0 Å². The van der Waals surface area contributed by atoms with Gasteiger partial charge in [0, 0.05) is 17.5 Å². The van der Waals surface area contributed by atoms with E-state index < -0.39 is 0 Å². The molecule has 1 fully saturated rings. The fraction of sp³-hybridized carbons (Fsp3) is 0.500. The molecular formula is C10H13N3O2S. The second-order valence-electron chi connectivity index (χ2n) is 3.76. The number of aromatic nitrogens is 1. The maximum atomic E-state index is 11.6. The van der Waals surface area contributed by atoms with Crippen LogP contribution in [-0.4, -0.2) is 22.8 Å². The number of amides is 2. The molecule has 6 heteroatoms. The van der Waals surface area contributed by atoms with Gasteiger partial charge in [-0.2, -0.15) is 0 Å². The average molecular weight is 239 g/mol. The Hall–Kier alpha value is -1.43. The normalized spacial score (nSPS) is 19.6. The Labute approximate surface area is 97.3 Å². The van der Waals surface area contributed by atoms with Gasteiger partial charge in [0.25, 0.3) is 0 Å². The van der Waals surface area contributed by atoms with Gasteiger partial charge in [-0.25, -0.2) is 4.98 Å². The monoisotopic (exact) mass is 239 g/mol. The lowest BCUT2D eigenvalue weighted by molar-refractivity contribution is -0.125. The summed E-state index contributed by atoms with van der Waals surface area (Å²) in [6.45, 7) is 2.35. The summed E-state index contributed by atoms with van der Waals surface area (Å²) in [6, 6.07) is -0.367. The number of nitrogens with zero attached hydrogens (tertiary/aromatic N) is 1. The smallest absolute Gasteiger partial charge is 0.242 e. The summed E-state index contributed by atoms with van der Waals surface area (Å²) >= 11 is 1.52. The number of aryl methyl sites for hydroxylation is 1. The van der Waals surface area contributed by atoms with Gasteiger partial charge in [0.05, 0.1) is 6.54 Å². The van der Waals surface area contributed by atoms with Crippen molar-refractivity contribution in [2.75, 3.05) is 0 Å². The molecule has 5 nitrogen and oxygen atoms in total. The first-order chi connectivity index (χ1) is 7.65. The SMILES string of the molecule is Cc1csc(CNC(=O)[C@H]2CCC(=O)N2)n1. The second kappa shape index (κ2) is 4.61. The lowest BCUT2D eigenvalue weighted by Gasteiger charge is -2.09. The molecule has 1 aliphatic heterocycles. The molecule has 1 aromatic heterocycles. The third-order valence-electron chi connectivity index (χ3n) is 2.39. The van der Waals surface area contributed by atoms with Gasteiger partial charge in [-0.05, 0) is 13.3 Å². The summed E-state index contributed by atoms with van der Waals surface area (Å²) in [5.41, 5.74) is 0.961. The standard InChI is InChI=1S/C10H13N3O2S/c1-6-5-16-9(12-6)4-11-10(15)7-2-3-8(14)13-7/h5,7H,2-4H2,1H3,(H,11,15)(H,13,14)/t7-/m1/s1. The largest absolute Gasteiger partial charge is 0.348 e. The molecule has 0 saturated carbocycles. The van der Waals surface area contributed by atoms with E-state index in [2.05, 4.69) is 15.6 Å². The molecule has 1 atom stereocenters. The zero-order valence-corrected chi connectivity index (χ0v) is 9.76. The molecule has 1 saturated heterocycles. The van der Waals surface area contributed by atoms with Crippen LogP contribution >= 0.6 is 11.3 Å². The summed E-state index contributed by atoms with van der Waals surface area (Å²) in [5, 5.41) is 8.22. The van der Waals surface area contributed by atoms with E-state index in [0.29, 0.717) is 19.4 Å². The van der Waals surface area contributed by atoms with Crippen molar-refractivity contribution in [3.8, 4) is 0 Å². The van der Waals surface area contributed by atoms with E-state index in [-0.39, 0.29) is 17.9 Å². The Bertz CT molecular complexity index is 416. The molecule has 2 amide bonds. The van der Waals surface area contributed by atoms with Gasteiger partial charge in [0.15, 0.2) is 0 Å². The van der Waals surface area contributed by atoms with Crippen LogP contribution < -0.4 is 10.6 Å². The molecule has 2 heterocycles. The predicted octanol–water partition coefficient (Wildman–Crippen LogP) is 0.346. The minimum atomic E-state index is -0.367. The van der Waals surface area contributed by atoms with E-state index in [0.717, 1.165) is 10.7 Å². The van der Waals surface area contributed by atoms with Gasteiger partial charge < -0.3 is 10.6 Å². The Morgan fingerprint density at radius 3 is 3.12 bits per heavy atom. The van der Waals surface area contributed by atoms with E-state index in [1.54, 1.807) is 0 Å². The van der Waals surface area contributed by atoms with Gasteiger partial charge in [-0.3, -0.25) is 9.59 Å². The predicted molar refractivity (Wildman–Crippen MR) is 59.9 cm³/mol. The van der Waals surface area contributed by atoms with Crippen molar-refractivity contribution in [3.63, 3.8) is 0 Å². The van der Waals surface area contributed by atoms with E-state index >= 15 is 0 Å². The van der Waals surface area contributed by atoms with Crippen LogP contribution in [0.4, 0.5) is 0 Å². The summed E-state index contributed by atoms with van der Waals surface area (Å²) in [5.74, 6) is -0.177. The Morgan fingerprint density at radius 1 is 1.75 bits per heavy atom. The molecular weight excluding hydrogens is 226 g/mol. The van der Waals surface area contributed by atoms with Crippen molar-refractivity contribution in [2.24, 2.45) is 0 Å². The molecule has 0 aromatic carbocycles. The second-order valence-corrected chi connectivity index (χ2v) is 4.70. The highest BCUT2D eigenvalue weighted by Crippen LogP contribution is 2.09. The van der Waals surface area contributed by atoms with Gasteiger partial charge in [-0.15, -0.1) is 11.3 Å². The van der Waals surface area contributed by atoms with Crippen molar-refractivity contribution in [1.82, 2.24) is 15.6 Å². The van der Waals surface area contributed by atoms with Crippen LogP contribution in [0.1, 0.15) is 23.5 Å². The third-order valence-corrected chi connectivity index (χ3v) is 3.36. The van der Waals surface area contributed by atoms with Crippen LogP contribution in [0.3, 0.4) is 0 Å². The van der Waals surface area contributed by atoms with Crippen LogP contribution in [0.25, 0.3) is 0 Å². The van der Waals surface area contributed by atoms with E-state index in [1.165, 1.54) is 11.3 Å². The number of carbonyl (C=O) groups excluding carboxylic acids is 2. The highest BCUT2D eigenvalue weighted by molar-refractivity contribution is 7.09. The molecule has 16 heavy (non-hydrogen) atoms. The fourth-order valence-corrected chi connectivity index (χ4v) is 2.29. The fourth-order valence-electron chi connectivity index (χ4n) is 1.58. The van der Waals surface area contributed by atoms with Gasteiger partial charge in [-0.1, -0.05) is 0 Å². The van der Waals surface area contributed by atoms with Crippen LogP contribution in [0.2, 0.25) is 0 Å². The van der Waals surface area contributed by atoms with E-state index in [9.17, 15) is 9.59 Å². The highest BCUT2D eigenvalue weighted by atomic mass is 32.1. The molecule has 0 bridgehead atoms. The lowest BCUT2D eigenvalue weighted by Crippen LogP contribution is -2.41. The van der Waals surface area contributed by atoms with E-state index in [1.807, 2.05) is 12.3 Å². The average Bonchev–Trinajstić information content (AvgIpc) is 2.84. The topological polar surface area (TPSA) is 71.1 Å². The number of carbonyl (C=O) groups is 2. The summed E-state index contributed by atoms with van der Waals surface area (Å²) in [7, 11) is 0. The van der Waals surface area contributed by atoms with Crippen molar-refractivity contribution >= 4 is 23.2 Å². The van der Waals surface area contributed by atoms with Gasteiger partial charge >= 0.3 is 0 Å². The van der Waals surface area contributed by atoms with E-state index in [4.69, 9.17) is 0 Å². The van der Waals surface area contributed by atoms with Crippen molar-refractivity contribution in [1.29, 1.82) is 0 Å². The Morgan fingerprint density at radius 2 is 2.56 bits per heavy atom. The van der Waals surface area contributed by atoms with Crippen LogP contribution in [0.15, 0.2) is 5.38 Å². The van der Waals surface area contributed by atoms with Crippen LogP contribution in [0.5, 0.6) is 0 Å². The first kappa shape index (κ1) is 11.1. The number of nitrogens with one attached hydrogen (secondary N) is 2. The van der Waals surface area contributed by atoms with Crippen molar-refractivity contribution < 1.29 is 9.59 Å². The first-order valence-corrected chi connectivity index (χ1v) is 6.01.